The Hall–Kier alpha value is -5.58. The Morgan fingerprint density at radius 2 is 1.25 bits per heavy atom. The largest absolute Gasteiger partial charge is 0.294 e. The van der Waals surface area contributed by atoms with Crippen molar-refractivity contribution in [2.45, 2.75) is 13.8 Å². The van der Waals surface area contributed by atoms with Gasteiger partial charge < -0.3 is 0 Å². The number of hydrogen-bond acceptors (Lipinski definition) is 4. The minimum Gasteiger partial charge on any atom is -0.294 e. The van der Waals surface area contributed by atoms with E-state index in [2.05, 4.69) is 73.4 Å². The second kappa shape index (κ2) is 9.31. The Balaban J connectivity index is 0.000000150. The first-order chi connectivity index (χ1) is 19.3. The fourth-order valence-electron chi connectivity index (χ4n) is 5.65. The van der Waals surface area contributed by atoms with Crippen molar-refractivity contribution in [2.75, 3.05) is 0 Å². The van der Waals surface area contributed by atoms with Gasteiger partial charge in [-0.1, -0.05) is 54.6 Å². The number of ketones is 4. The molecule has 40 heavy (non-hydrogen) atoms. The Morgan fingerprint density at radius 3 is 1.88 bits per heavy atom. The van der Waals surface area contributed by atoms with Crippen LogP contribution in [0, 0.1) is 31.1 Å². The van der Waals surface area contributed by atoms with Crippen LogP contribution in [0.3, 0.4) is 0 Å². The standard InChI is InChI=1S/C19H8O4.C17H12/c1-3-15(21)12-6-7-14-17(23)9-8-16(22)13-5-4-11(10(2)20)18(12)19(13)14;1-11-9-12-5-4-8-15-13-6-2-3-7-14(13)16(10-11)17(12)15/h1,4-7H,2H3;2-10H,1H3. The molecule has 4 heteroatoms. The summed E-state index contributed by atoms with van der Waals surface area (Å²) in [5.74, 6) is 4.53. The van der Waals surface area contributed by atoms with Crippen molar-refractivity contribution in [2.24, 2.45) is 0 Å². The summed E-state index contributed by atoms with van der Waals surface area (Å²) >= 11 is 0. The third-order valence-electron chi connectivity index (χ3n) is 7.32. The second-order valence-electron chi connectivity index (χ2n) is 9.77. The molecule has 7 rings (SSSR count). The quantitative estimate of drug-likeness (QED) is 0.141. The van der Waals surface area contributed by atoms with E-state index in [1.165, 1.54) is 69.8 Å². The van der Waals surface area contributed by atoms with Crippen LogP contribution in [0.1, 0.15) is 53.9 Å². The summed E-state index contributed by atoms with van der Waals surface area (Å²) in [6, 6.07) is 25.6. The van der Waals surface area contributed by atoms with Crippen LogP contribution >= 0.6 is 0 Å². The second-order valence-corrected chi connectivity index (χ2v) is 9.77. The molecule has 188 valence electrons. The van der Waals surface area contributed by atoms with Gasteiger partial charge in [0, 0.05) is 33.0 Å². The number of Topliss-reactive ketones (excluding diaryl/α,β-unsaturated/α-hetero) is 4. The lowest BCUT2D eigenvalue weighted by Crippen LogP contribution is -2.07. The van der Waals surface area contributed by atoms with Crippen LogP contribution in [-0.2, 0) is 0 Å². The number of fused-ring (bicyclic) bond motifs is 3. The lowest BCUT2D eigenvalue weighted by molar-refractivity contribution is 0.101. The van der Waals surface area contributed by atoms with Crippen molar-refractivity contribution in [3.8, 4) is 46.4 Å². The van der Waals surface area contributed by atoms with E-state index in [0.717, 1.165) is 0 Å². The maximum Gasteiger partial charge on any atom is 0.237 e. The van der Waals surface area contributed by atoms with Crippen LogP contribution in [0.15, 0.2) is 78.9 Å². The summed E-state index contributed by atoms with van der Waals surface area (Å²) in [7, 11) is 0. The van der Waals surface area contributed by atoms with Gasteiger partial charge in [0.2, 0.25) is 17.3 Å². The molecule has 0 unspecified atom stereocenters. The number of carbonyl (C=O) groups is 4. The van der Waals surface area contributed by atoms with Gasteiger partial charge in [-0.2, -0.15) is 0 Å². The Bertz CT molecular complexity index is 2080. The molecular formula is C36H20O4. The molecule has 0 aromatic heterocycles. The highest BCUT2D eigenvalue weighted by molar-refractivity contribution is 6.33. The lowest BCUT2D eigenvalue weighted by Gasteiger charge is -2.12. The maximum absolute atomic E-state index is 12.1. The summed E-state index contributed by atoms with van der Waals surface area (Å²) in [4.78, 5) is 48.2. The normalized spacial score (nSPS) is 12.0. The number of aryl methyl sites for hydroxylation is 1. The first-order valence-corrected chi connectivity index (χ1v) is 12.7. The van der Waals surface area contributed by atoms with Gasteiger partial charge in [-0.25, -0.2) is 0 Å². The van der Waals surface area contributed by atoms with Gasteiger partial charge in [0.25, 0.3) is 0 Å². The van der Waals surface area contributed by atoms with E-state index in [-0.39, 0.29) is 38.8 Å². The van der Waals surface area contributed by atoms with Crippen molar-refractivity contribution in [1.82, 2.24) is 0 Å². The van der Waals surface area contributed by atoms with Crippen molar-refractivity contribution >= 4 is 44.7 Å². The van der Waals surface area contributed by atoms with Gasteiger partial charge in [-0.15, -0.1) is 6.42 Å². The average Bonchev–Trinajstić information content (AvgIpc) is 3.22. The van der Waals surface area contributed by atoms with E-state index >= 15 is 0 Å². The summed E-state index contributed by atoms with van der Waals surface area (Å²) in [6.45, 7) is 3.51. The SMILES string of the molecule is C#CC(=O)c1ccc2c3c(ccc(C(C)=O)c13)C(=O)C#CC2=O.Cc1cc2c3c(cccc3c1)-c1ccccc1-2. The molecular weight excluding hydrogens is 496 g/mol. The summed E-state index contributed by atoms with van der Waals surface area (Å²) in [5, 5.41) is 3.24. The molecule has 2 aliphatic rings. The number of benzene rings is 5. The third kappa shape index (κ3) is 3.75. The Kier molecular flexibility index (Phi) is 5.76. The third-order valence-corrected chi connectivity index (χ3v) is 7.32. The molecule has 0 amide bonds. The van der Waals surface area contributed by atoms with Crippen LogP contribution < -0.4 is 0 Å². The highest BCUT2D eigenvalue weighted by atomic mass is 16.1. The zero-order chi connectivity index (χ0) is 28.1. The molecule has 5 aromatic carbocycles. The van der Waals surface area contributed by atoms with Crippen LogP contribution in [0.2, 0.25) is 0 Å². The van der Waals surface area contributed by atoms with Gasteiger partial charge >= 0.3 is 0 Å². The summed E-state index contributed by atoms with van der Waals surface area (Å²) < 4.78 is 0. The van der Waals surface area contributed by atoms with E-state index in [1.807, 2.05) is 5.92 Å². The molecule has 2 aliphatic carbocycles. The van der Waals surface area contributed by atoms with Crippen LogP contribution in [-0.4, -0.2) is 23.1 Å². The minimum atomic E-state index is -0.624. The van der Waals surface area contributed by atoms with Gasteiger partial charge in [0.05, 0.1) is 0 Å². The molecule has 0 atom stereocenters. The topological polar surface area (TPSA) is 68.3 Å². The monoisotopic (exact) mass is 516 g/mol. The predicted octanol–water partition coefficient (Wildman–Crippen LogP) is 7.04. The van der Waals surface area contributed by atoms with E-state index in [9.17, 15) is 19.2 Å². The van der Waals surface area contributed by atoms with E-state index in [0.29, 0.717) is 0 Å². The van der Waals surface area contributed by atoms with Gasteiger partial charge in [-0.05, 0) is 94.5 Å². The first kappa shape index (κ1) is 24.7. The molecule has 4 nitrogen and oxygen atoms in total. The van der Waals surface area contributed by atoms with Crippen LogP contribution in [0.5, 0.6) is 0 Å². The van der Waals surface area contributed by atoms with Gasteiger partial charge in [0.15, 0.2) is 5.78 Å². The van der Waals surface area contributed by atoms with Crippen LogP contribution in [0.4, 0.5) is 0 Å². The first-order valence-electron chi connectivity index (χ1n) is 12.7. The molecule has 0 aliphatic heterocycles. The highest BCUT2D eigenvalue weighted by Crippen LogP contribution is 2.47. The van der Waals surface area contributed by atoms with Crippen LogP contribution in [0.25, 0.3) is 43.8 Å². The zero-order valence-electron chi connectivity index (χ0n) is 21.7. The molecule has 0 radical (unpaired) electrons. The van der Waals surface area contributed by atoms with Crippen molar-refractivity contribution < 1.29 is 19.2 Å². The summed E-state index contributed by atoms with van der Waals surface area (Å²) in [5.41, 5.74) is 7.57. The number of terminal acetylenes is 1. The fraction of sp³-hybridized carbons (Fsp3) is 0.0556. The fourth-order valence-corrected chi connectivity index (χ4v) is 5.65. The number of hydrogen-bond donors (Lipinski definition) is 0. The van der Waals surface area contributed by atoms with Crippen molar-refractivity contribution in [3.63, 3.8) is 0 Å². The molecule has 0 N–H and O–H groups in total. The van der Waals surface area contributed by atoms with Crippen molar-refractivity contribution in [1.29, 1.82) is 0 Å². The average molecular weight is 517 g/mol. The molecule has 0 fully saturated rings. The van der Waals surface area contributed by atoms with Gasteiger partial charge in [-0.3, -0.25) is 19.2 Å². The Morgan fingerprint density at radius 1 is 0.650 bits per heavy atom. The maximum atomic E-state index is 12.1. The number of rotatable bonds is 2. The van der Waals surface area contributed by atoms with E-state index < -0.39 is 17.3 Å². The minimum absolute atomic E-state index is 0.112. The Labute approximate surface area is 230 Å². The molecule has 0 heterocycles. The molecule has 5 aromatic rings. The lowest BCUT2D eigenvalue weighted by atomic mass is 9.88. The molecule has 0 saturated heterocycles. The zero-order valence-corrected chi connectivity index (χ0v) is 21.7. The smallest absolute Gasteiger partial charge is 0.237 e. The molecule has 0 spiro atoms. The predicted molar refractivity (Wildman–Crippen MR) is 157 cm³/mol. The molecule has 0 saturated carbocycles. The number of carbonyl (C=O) groups excluding carboxylic acids is 4. The molecule has 0 bridgehead atoms. The highest BCUT2D eigenvalue weighted by Gasteiger charge is 2.25. The summed E-state index contributed by atoms with van der Waals surface area (Å²) in [6.07, 6.45) is 5.19. The van der Waals surface area contributed by atoms with Crippen molar-refractivity contribution in [3.05, 3.63) is 107 Å². The van der Waals surface area contributed by atoms with Gasteiger partial charge in [0.1, 0.15) is 0 Å². The van der Waals surface area contributed by atoms with E-state index in [1.54, 1.807) is 0 Å². The van der Waals surface area contributed by atoms with E-state index in [4.69, 9.17) is 6.42 Å².